The summed E-state index contributed by atoms with van der Waals surface area (Å²) in [7, 11) is 0. The number of imidazole rings is 1. The Labute approximate surface area is 181 Å². The second-order valence-corrected chi connectivity index (χ2v) is 8.29. The molecule has 0 aliphatic heterocycles. The van der Waals surface area contributed by atoms with Crippen molar-refractivity contribution in [3.8, 4) is 11.3 Å². The van der Waals surface area contributed by atoms with Crippen molar-refractivity contribution in [3.05, 3.63) is 78.1 Å². The quantitative estimate of drug-likeness (QED) is 0.395. The fourth-order valence-corrected chi connectivity index (χ4v) is 4.04. The molecule has 2 N–H and O–H groups in total. The average molecular weight is 411 g/mol. The van der Waals surface area contributed by atoms with Crippen molar-refractivity contribution >= 4 is 22.4 Å². The minimum Gasteiger partial charge on any atom is -0.367 e. The van der Waals surface area contributed by atoms with Crippen molar-refractivity contribution in [1.82, 2.24) is 24.3 Å². The minimum absolute atomic E-state index is 0.361. The third-order valence-corrected chi connectivity index (χ3v) is 5.64. The number of rotatable bonds is 6. The number of aromatic nitrogens is 5. The molecule has 4 aromatic heterocycles. The molecule has 0 aliphatic rings. The molecule has 0 spiro atoms. The van der Waals surface area contributed by atoms with Crippen LogP contribution in [0.2, 0.25) is 0 Å². The van der Waals surface area contributed by atoms with Crippen molar-refractivity contribution < 1.29 is 0 Å². The van der Waals surface area contributed by atoms with E-state index in [1.54, 1.807) is 0 Å². The zero-order valence-corrected chi connectivity index (χ0v) is 18.1. The Balaban J connectivity index is 1.49. The summed E-state index contributed by atoms with van der Waals surface area (Å²) in [6.07, 6.45) is 10.7. The zero-order chi connectivity index (χ0) is 21.4. The van der Waals surface area contributed by atoms with Crippen molar-refractivity contribution in [3.63, 3.8) is 0 Å². The lowest BCUT2D eigenvalue weighted by Gasteiger charge is -2.12. The fraction of sp³-hybridized carbons (Fsp3) is 0.240. The molecule has 1 aromatic carbocycles. The number of H-pyrrole nitrogens is 1. The molecular formula is C25H26N6. The van der Waals surface area contributed by atoms with Crippen LogP contribution in [0.15, 0.2) is 61.3 Å². The number of pyridine rings is 1. The van der Waals surface area contributed by atoms with Gasteiger partial charge in [-0.05, 0) is 42.5 Å². The van der Waals surface area contributed by atoms with Crippen LogP contribution in [-0.4, -0.2) is 30.9 Å². The van der Waals surface area contributed by atoms with Gasteiger partial charge in [-0.25, -0.2) is 9.97 Å². The Morgan fingerprint density at radius 2 is 2.00 bits per heavy atom. The highest BCUT2D eigenvalue weighted by atomic mass is 15.1. The molecule has 5 aromatic rings. The number of hydrogen-bond acceptors (Lipinski definition) is 4. The third-order valence-electron chi connectivity index (χ3n) is 5.64. The van der Waals surface area contributed by atoms with Gasteiger partial charge in [-0.3, -0.25) is 9.38 Å². The number of aromatic amines is 1. The Bertz CT molecular complexity index is 1360. The van der Waals surface area contributed by atoms with E-state index in [1.165, 1.54) is 22.2 Å². The summed E-state index contributed by atoms with van der Waals surface area (Å²) in [5.41, 5.74) is 7.49. The van der Waals surface area contributed by atoms with Crippen LogP contribution in [0.4, 0.5) is 5.82 Å². The summed E-state index contributed by atoms with van der Waals surface area (Å²) in [4.78, 5) is 17.3. The first-order chi connectivity index (χ1) is 15.1. The van der Waals surface area contributed by atoms with Crippen LogP contribution in [-0.2, 0) is 6.42 Å². The van der Waals surface area contributed by atoms with Crippen LogP contribution in [0.5, 0.6) is 0 Å². The number of nitrogens with zero attached hydrogens (tertiary/aromatic N) is 4. The molecule has 0 atom stereocenters. The van der Waals surface area contributed by atoms with Crippen LogP contribution in [0.3, 0.4) is 0 Å². The highest BCUT2D eigenvalue weighted by Gasteiger charge is 2.15. The standard InChI is InChI=1S/C25H26N6/c1-16(2)23-14-29-25-24(27-9-8-18-13-28-21-7-5-4-6-20(18)21)30-22(15-31(23)25)19-10-17(3)11-26-12-19/h4-7,10-16,28H,8-9H2,1-3H3,(H,27,30). The van der Waals surface area contributed by atoms with Gasteiger partial charge >= 0.3 is 0 Å². The molecule has 156 valence electrons. The van der Waals surface area contributed by atoms with Crippen LogP contribution in [0.25, 0.3) is 27.8 Å². The number of anilines is 1. The average Bonchev–Trinajstić information content (AvgIpc) is 3.38. The number of para-hydroxylation sites is 1. The summed E-state index contributed by atoms with van der Waals surface area (Å²) in [5.74, 6) is 1.16. The van der Waals surface area contributed by atoms with Crippen LogP contribution >= 0.6 is 0 Å². The second-order valence-electron chi connectivity index (χ2n) is 8.29. The normalized spacial score (nSPS) is 11.6. The van der Waals surface area contributed by atoms with Crippen LogP contribution in [0.1, 0.15) is 36.6 Å². The molecule has 0 aliphatic carbocycles. The molecule has 0 saturated carbocycles. The molecule has 0 fully saturated rings. The fourth-order valence-electron chi connectivity index (χ4n) is 4.04. The first-order valence-corrected chi connectivity index (χ1v) is 10.7. The van der Waals surface area contributed by atoms with E-state index in [4.69, 9.17) is 4.98 Å². The highest BCUT2D eigenvalue weighted by Crippen LogP contribution is 2.26. The maximum Gasteiger partial charge on any atom is 0.180 e. The van der Waals surface area contributed by atoms with Gasteiger partial charge in [0.2, 0.25) is 0 Å². The van der Waals surface area contributed by atoms with E-state index >= 15 is 0 Å². The monoisotopic (exact) mass is 410 g/mol. The van der Waals surface area contributed by atoms with E-state index in [-0.39, 0.29) is 0 Å². The summed E-state index contributed by atoms with van der Waals surface area (Å²) in [6.45, 7) is 7.18. The van der Waals surface area contributed by atoms with Gasteiger partial charge in [-0.15, -0.1) is 0 Å². The summed E-state index contributed by atoms with van der Waals surface area (Å²) in [5, 5.41) is 4.81. The predicted octanol–water partition coefficient (Wildman–Crippen LogP) is 5.36. The maximum atomic E-state index is 4.92. The molecule has 0 amide bonds. The molecule has 31 heavy (non-hydrogen) atoms. The van der Waals surface area contributed by atoms with E-state index in [9.17, 15) is 0 Å². The lowest BCUT2D eigenvalue weighted by molar-refractivity contribution is 0.807. The molecular weight excluding hydrogens is 384 g/mol. The van der Waals surface area contributed by atoms with Crippen LogP contribution in [0, 0.1) is 6.92 Å². The van der Waals surface area contributed by atoms with Gasteiger partial charge in [0.05, 0.1) is 5.69 Å². The molecule has 6 nitrogen and oxygen atoms in total. The van der Waals surface area contributed by atoms with E-state index in [2.05, 4.69) is 81.2 Å². The number of fused-ring (bicyclic) bond motifs is 2. The van der Waals surface area contributed by atoms with Gasteiger partial charge in [0.1, 0.15) is 0 Å². The molecule has 6 heteroatoms. The lowest BCUT2D eigenvalue weighted by atomic mass is 10.1. The Morgan fingerprint density at radius 1 is 1.13 bits per heavy atom. The van der Waals surface area contributed by atoms with Gasteiger partial charge in [-0.2, -0.15) is 0 Å². The maximum absolute atomic E-state index is 4.92. The Kier molecular flexibility index (Phi) is 4.90. The molecule has 4 heterocycles. The number of aryl methyl sites for hydroxylation is 1. The second kappa shape index (κ2) is 7.87. The third kappa shape index (κ3) is 3.65. The molecule has 0 saturated heterocycles. The summed E-state index contributed by atoms with van der Waals surface area (Å²) in [6, 6.07) is 10.5. The first-order valence-electron chi connectivity index (χ1n) is 10.7. The number of nitrogens with one attached hydrogen (secondary N) is 2. The molecule has 5 rings (SSSR count). The minimum atomic E-state index is 0.361. The smallest absolute Gasteiger partial charge is 0.180 e. The van der Waals surface area contributed by atoms with Gasteiger partial charge in [0, 0.05) is 59.7 Å². The molecule has 0 unspecified atom stereocenters. The van der Waals surface area contributed by atoms with Crippen molar-refractivity contribution in [1.29, 1.82) is 0 Å². The molecule has 0 bridgehead atoms. The topological polar surface area (TPSA) is 70.9 Å². The van der Waals surface area contributed by atoms with E-state index < -0.39 is 0 Å². The summed E-state index contributed by atoms with van der Waals surface area (Å²) < 4.78 is 2.16. The number of benzene rings is 1. The zero-order valence-electron chi connectivity index (χ0n) is 18.1. The van der Waals surface area contributed by atoms with Gasteiger partial charge in [-0.1, -0.05) is 32.0 Å². The first kappa shape index (κ1) is 19.3. The largest absolute Gasteiger partial charge is 0.367 e. The lowest BCUT2D eigenvalue weighted by Crippen LogP contribution is -2.09. The highest BCUT2D eigenvalue weighted by molar-refractivity contribution is 5.83. The van der Waals surface area contributed by atoms with E-state index in [0.29, 0.717) is 5.92 Å². The van der Waals surface area contributed by atoms with Gasteiger partial charge in [0.15, 0.2) is 11.5 Å². The van der Waals surface area contributed by atoms with Crippen molar-refractivity contribution in [2.45, 2.75) is 33.1 Å². The molecule has 0 radical (unpaired) electrons. The van der Waals surface area contributed by atoms with Gasteiger partial charge in [0.25, 0.3) is 0 Å². The predicted molar refractivity (Wildman–Crippen MR) is 126 cm³/mol. The Hall–Kier alpha value is -3.67. The Morgan fingerprint density at radius 3 is 2.84 bits per heavy atom. The SMILES string of the molecule is Cc1cncc(-c2cn3c(C(C)C)cnc3c(NCCc3c[nH]c4ccccc34)n2)c1. The summed E-state index contributed by atoms with van der Waals surface area (Å²) >= 11 is 0. The van der Waals surface area contributed by atoms with Gasteiger partial charge < -0.3 is 10.3 Å². The van der Waals surface area contributed by atoms with E-state index in [1.807, 2.05) is 25.5 Å². The van der Waals surface area contributed by atoms with E-state index in [0.717, 1.165) is 41.3 Å². The number of hydrogen-bond donors (Lipinski definition) is 2. The van der Waals surface area contributed by atoms with Crippen LogP contribution < -0.4 is 5.32 Å². The van der Waals surface area contributed by atoms with Crippen molar-refractivity contribution in [2.24, 2.45) is 0 Å². The van der Waals surface area contributed by atoms with Crippen molar-refractivity contribution in [2.75, 3.05) is 11.9 Å².